The van der Waals surface area contributed by atoms with Gasteiger partial charge in [0.2, 0.25) is 0 Å². The van der Waals surface area contributed by atoms with E-state index in [4.69, 9.17) is 10.3 Å². The third-order valence-electron chi connectivity index (χ3n) is 4.33. The topological polar surface area (TPSA) is 64.9 Å². The fourth-order valence-corrected chi connectivity index (χ4v) is 3.15. The highest BCUT2D eigenvalue weighted by atomic mass is 19.1. The summed E-state index contributed by atoms with van der Waals surface area (Å²) in [6.07, 6.45) is 3.97. The van der Waals surface area contributed by atoms with E-state index in [-0.39, 0.29) is 5.82 Å². The minimum atomic E-state index is -0.527. The molecule has 1 fully saturated rings. The van der Waals surface area contributed by atoms with E-state index in [1.54, 1.807) is 6.07 Å². The summed E-state index contributed by atoms with van der Waals surface area (Å²) in [6, 6.07) is 4.54. The van der Waals surface area contributed by atoms with Gasteiger partial charge in [-0.1, -0.05) is 31.0 Å². The Bertz CT molecular complexity index is 655. The summed E-state index contributed by atoms with van der Waals surface area (Å²) in [6.45, 7) is 4.08. The fourth-order valence-electron chi connectivity index (χ4n) is 3.15. The number of benzene rings is 1. The summed E-state index contributed by atoms with van der Waals surface area (Å²) in [5, 5.41) is 4.06. The molecule has 0 radical (unpaired) electrons. The molecule has 1 heterocycles. The van der Waals surface area contributed by atoms with Gasteiger partial charge in [0.1, 0.15) is 5.82 Å². The molecule has 0 bridgehead atoms. The number of aromatic nitrogens is 2. The first kappa shape index (κ1) is 14.2. The van der Waals surface area contributed by atoms with Crippen LogP contribution in [0.2, 0.25) is 0 Å². The van der Waals surface area contributed by atoms with Crippen molar-refractivity contribution in [3.8, 4) is 11.5 Å². The monoisotopic (exact) mass is 289 g/mol. The predicted octanol–water partition coefficient (Wildman–Crippen LogP) is 3.55. The van der Waals surface area contributed by atoms with Crippen molar-refractivity contribution in [2.45, 2.75) is 45.1 Å². The highest BCUT2D eigenvalue weighted by Crippen LogP contribution is 2.37. The number of nitrogens with zero attached hydrogens (tertiary/aromatic N) is 2. The van der Waals surface area contributed by atoms with Crippen molar-refractivity contribution < 1.29 is 8.91 Å². The van der Waals surface area contributed by atoms with Gasteiger partial charge in [-0.3, -0.25) is 0 Å². The molecule has 112 valence electrons. The smallest absolute Gasteiger partial charge is 0.258 e. The summed E-state index contributed by atoms with van der Waals surface area (Å²) in [5.74, 6) is 1.11. The van der Waals surface area contributed by atoms with E-state index in [9.17, 15) is 4.39 Å². The van der Waals surface area contributed by atoms with E-state index in [1.807, 2.05) is 6.92 Å². The molecule has 3 rings (SSSR count). The van der Waals surface area contributed by atoms with Crippen LogP contribution in [0.25, 0.3) is 11.5 Å². The molecule has 0 amide bonds. The van der Waals surface area contributed by atoms with Crippen LogP contribution >= 0.6 is 0 Å². The van der Waals surface area contributed by atoms with E-state index in [0.717, 1.165) is 24.8 Å². The van der Waals surface area contributed by atoms with Crippen LogP contribution in [0.1, 0.15) is 44.0 Å². The summed E-state index contributed by atoms with van der Waals surface area (Å²) >= 11 is 0. The first-order valence-electron chi connectivity index (χ1n) is 7.37. The van der Waals surface area contributed by atoms with Crippen LogP contribution in [-0.4, -0.2) is 10.1 Å². The number of rotatable bonds is 2. The van der Waals surface area contributed by atoms with Crippen molar-refractivity contribution in [3.63, 3.8) is 0 Å². The normalized spacial score (nSPS) is 26.0. The van der Waals surface area contributed by atoms with E-state index >= 15 is 0 Å². The van der Waals surface area contributed by atoms with E-state index in [1.165, 1.54) is 18.6 Å². The first-order chi connectivity index (χ1) is 9.98. The minimum Gasteiger partial charge on any atom is -0.334 e. The van der Waals surface area contributed by atoms with Gasteiger partial charge in [-0.15, -0.1) is 0 Å². The summed E-state index contributed by atoms with van der Waals surface area (Å²) < 4.78 is 18.7. The Morgan fingerprint density at radius 1 is 1.43 bits per heavy atom. The van der Waals surface area contributed by atoms with Gasteiger partial charge in [-0.2, -0.15) is 4.98 Å². The molecule has 0 saturated heterocycles. The molecule has 2 unspecified atom stereocenters. The summed E-state index contributed by atoms with van der Waals surface area (Å²) in [5.41, 5.74) is 7.47. The van der Waals surface area contributed by atoms with Gasteiger partial charge in [-0.05, 0) is 43.4 Å². The number of hydrogen-bond donors (Lipinski definition) is 1. The average Bonchev–Trinajstić information content (AvgIpc) is 2.91. The number of hydrogen-bond acceptors (Lipinski definition) is 4. The van der Waals surface area contributed by atoms with Crippen molar-refractivity contribution in [2.24, 2.45) is 11.7 Å². The molecular formula is C16H20FN3O. The molecule has 2 N–H and O–H groups in total. The van der Waals surface area contributed by atoms with Gasteiger partial charge in [0.25, 0.3) is 5.89 Å². The Morgan fingerprint density at radius 2 is 2.24 bits per heavy atom. The lowest BCUT2D eigenvalue weighted by Crippen LogP contribution is -2.42. The molecule has 2 aromatic rings. The highest BCUT2D eigenvalue weighted by Gasteiger charge is 2.37. The zero-order valence-electron chi connectivity index (χ0n) is 12.4. The van der Waals surface area contributed by atoms with Gasteiger partial charge < -0.3 is 10.3 Å². The third kappa shape index (κ3) is 2.70. The van der Waals surface area contributed by atoms with Crippen LogP contribution in [0.15, 0.2) is 22.7 Å². The van der Waals surface area contributed by atoms with Crippen LogP contribution in [0.3, 0.4) is 0 Å². The SMILES string of the molecule is Cc1ccc(F)cc1-c1nc(C2(N)CCCC(C)C2)no1. The maximum absolute atomic E-state index is 13.4. The highest BCUT2D eigenvalue weighted by molar-refractivity contribution is 5.58. The van der Waals surface area contributed by atoms with E-state index in [0.29, 0.717) is 23.2 Å². The van der Waals surface area contributed by atoms with Crippen molar-refractivity contribution >= 4 is 0 Å². The Balaban J connectivity index is 1.94. The Morgan fingerprint density at radius 3 is 3.00 bits per heavy atom. The molecule has 0 aliphatic heterocycles. The van der Waals surface area contributed by atoms with Gasteiger partial charge in [0.05, 0.1) is 5.54 Å². The zero-order chi connectivity index (χ0) is 15.0. The van der Waals surface area contributed by atoms with E-state index in [2.05, 4.69) is 17.1 Å². The zero-order valence-corrected chi connectivity index (χ0v) is 12.4. The van der Waals surface area contributed by atoms with Crippen LogP contribution in [-0.2, 0) is 5.54 Å². The number of halogens is 1. The maximum atomic E-state index is 13.4. The average molecular weight is 289 g/mol. The second-order valence-corrected chi connectivity index (χ2v) is 6.24. The molecule has 1 saturated carbocycles. The predicted molar refractivity (Wildman–Crippen MR) is 77.9 cm³/mol. The second kappa shape index (κ2) is 5.22. The number of aryl methyl sites for hydroxylation is 1. The fraction of sp³-hybridized carbons (Fsp3) is 0.500. The number of nitrogens with two attached hydrogens (primary N) is 1. The lowest BCUT2D eigenvalue weighted by Gasteiger charge is -2.33. The third-order valence-corrected chi connectivity index (χ3v) is 4.33. The van der Waals surface area contributed by atoms with Crippen molar-refractivity contribution in [1.29, 1.82) is 0 Å². The molecule has 1 aromatic heterocycles. The largest absolute Gasteiger partial charge is 0.334 e. The summed E-state index contributed by atoms with van der Waals surface area (Å²) in [4.78, 5) is 4.44. The van der Waals surface area contributed by atoms with Crippen LogP contribution in [0.5, 0.6) is 0 Å². The molecule has 2 atom stereocenters. The lowest BCUT2D eigenvalue weighted by atomic mass is 9.76. The van der Waals surface area contributed by atoms with Crippen molar-refractivity contribution in [2.75, 3.05) is 0 Å². The van der Waals surface area contributed by atoms with Gasteiger partial charge >= 0.3 is 0 Å². The van der Waals surface area contributed by atoms with Crippen LogP contribution < -0.4 is 5.73 Å². The lowest BCUT2D eigenvalue weighted by molar-refractivity contribution is 0.222. The molecule has 1 aliphatic rings. The molecule has 4 nitrogen and oxygen atoms in total. The second-order valence-electron chi connectivity index (χ2n) is 6.24. The Hall–Kier alpha value is -1.75. The van der Waals surface area contributed by atoms with Crippen LogP contribution in [0, 0.1) is 18.7 Å². The van der Waals surface area contributed by atoms with Crippen molar-refractivity contribution in [3.05, 3.63) is 35.4 Å². The van der Waals surface area contributed by atoms with Crippen LogP contribution in [0.4, 0.5) is 4.39 Å². The molecule has 5 heteroatoms. The van der Waals surface area contributed by atoms with Gasteiger partial charge in [0, 0.05) is 5.56 Å². The Kier molecular flexibility index (Phi) is 3.53. The van der Waals surface area contributed by atoms with Gasteiger partial charge in [0.15, 0.2) is 5.82 Å². The van der Waals surface area contributed by atoms with Crippen molar-refractivity contribution in [1.82, 2.24) is 10.1 Å². The summed E-state index contributed by atoms with van der Waals surface area (Å²) in [7, 11) is 0. The Labute approximate surface area is 123 Å². The molecular weight excluding hydrogens is 269 g/mol. The molecule has 1 aromatic carbocycles. The van der Waals surface area contributed by atoms with E-state index < -0.39 is 5.54 Å². The maximum Gasteiger partial charge on any atom is 0.258 e. The standard InChI is InChI=1S/C16H20FN3O/c1-10-4-3-7-16(18,9-10)15-19-14(21-20-15)13-8-12(17)6-5-11(13)2/h5-6,8,10H,3-4,7,9,18H2,1-2H3. The first-order valence-corrected chi connectivity index (χ1v) is 7.37. The molecule has 1 aliphatic carbocycles. The quantitative estimate of drug-likeness (QED) is 0.918. The molecule has 21 heavy (non-hydrogen) atoms. The van der Waals surface area contributed by atoms with Gasteiger partial charge in [-0.25, -0.2) is 4.39 Å². The molecule has 0 spiro atoms. The minimum absolute atomic E-state index is 0.316.